The molecule has 2 aliphatic rings. The van der Waals surface area contributed by atoms with E-state index in [2.05, 4.69) is 43.8 Å². The second-order valence-corrected chi connectivity index (χ2v) is 11.7. The van der Waals surface area contributed by atoms with E-state index < -0.39 is 11.3 Å². The molecule has 0 radical (unpaired) electrons. The van der Waals surface area contributed by atoms with E-state index in [1.807, 2.05) is 24.3 Å². The first-order valence-corrected chi connectivity index (χ1v) is 15.8. The highest BCUT2D eigenvalue weighted by Crippen LogP contribution is 2.27. The van der Waals surface area contributed by atoms with Gasteiger partial charge in [0.25, 0.3) is 0 Å². The lowest BCUT2D eigenvalue weighted by Gasteiger charge is -2.36. The average molecular weight is 668 g/mol. The first kappa shape index (κ1) is 32.9. The van der Waals surface area contributed by atoms with Gasteiger partial charge in [-0.25, -0.2) is 0 Å². The molecule has 1 aromatic heterocycles. The van der Waals surface area contributed by atoms with Gasteiger partial charge in [-0.3, -0.25) is 9.47 Å². The number of alkyl halides is 3. The Morgan fingerprint density at radius 1 is 0.854 bits per heavy atom. The molecule has 11 nitrogen and oxygen atoms in total. The number of piperazine rings is 1. The molecule has 0 spiro atoms. The number of nitro groups is 1. The summed E-state index contributed by atoms with van der Waals surface area (Å²) in [6.07, 6.45) is -1.42. The molecule has 4 aromatic rings. The number of hydrogen-bond acceptors (Lipinski definition) is 9. The fraction of sp³-hybridized carbons (Fsp3) is 0.382. The third-order valence-electron chi connectivity index (χ3n) is 8.25. The van der Waals surface area contributed by atoms with Crippen molar-refractivity contribution in [2.75, 3.05) is 44.3 Å². The van der Waals surface area contributed by atoms with Gasteiger partial charge in [-0.1, -0.05) is 24.3 Å². The maximum absolute atomic E-state index is 12.3. The smallest absolute Gasteiger partial charge is 0.494 e. The number of halogens is 3. The van der Waals surface area contributed by atoms with Crippen LogP contribution in [0.5, 0.6) is 23.3 Å². The van der Waals surface area contributed by atoms with Crippen LogP contribution in [-0.2, 0) is 19.5 Å². The predicted molar refractivity (Wildman–Crippen MR) is 171 cm³/mol. The Hall–Kier alpha value is -4.98. The summed E-state index contributed by atoms with van der Waals surface area (Å²) in [6, 6.07) is 22.3. The van der Waals surface area contributed by atoms with Gasteiger partial charge in [0.15, 0.2) is 0 Å². The zero-order valence-electron chi connectivity index (χ0n) is 26.2. The normalized spacial score (nSPS) is 16.6. The zero-order chi connectivity index (χ0) is 33.5. The maximum atomic E-state index is 12.3. The Balaban J connectivity index is 0.871. The number of aryl methyl sites for hydroxylation is 2. The Morgan fingerprint density at radius 3 is 2.19 bits per heavy atom. The van der Waals surface area contributed by atoms with Gasteiger partial charge in [0.1, 0.15) is 36.2 Å². The molecular weight excluding hydrogens is 631 g/mol. The van der Waals surface area contributed by atoms with Crippen LogP contribution >= 0.6 is 0 Å². The molecule has 3 aromatic carbocycles. The molecule has 0 bridgehead atoms. The fourth-order valence-electron chi connectivity index (χ4n) is 5.72. The summed E-state index contributed by atoms with van der Waals surface area (Å²) in [6.45, 7) is 5.98. The van der Waals surface area contributed by atoms with Crippen molar-refractivity contribution >= 4 is 11.5 Å². The molecule has 1 fully saturated rings. The molecule has 0 unspecified atom stereocenters. The minimum absolute atomic E-state index is 0.217. The van der Waals surface area contributed by atoms with Gasteiger partial charge in [-0.2, -0.15) is 0 Å². The molecule has 0 aliphatic carbocycles. The summed E-state index contributed by atoms with van der Waals surface area (Å²) in [7, 11) is 0. The van der Waals surface area contributed by atoms with Gasteiger partial charge in [-0.15, -0.1) is 13.2 Å². The number of hydrogen-bond donors (Lipinski definition) is 0. The molecule has 1 atom stereocenters. The molecule has 48 heavy (non-hydrogen) atoms. The lowest BCUT2D eigenvalue weighted by Crippen LogP contribution is -2.45. The topological polar surface area (TPSA) is 104 Å². The number of rotatable bonds is 13. The Kier molecular flexibility index (Phi) is 10.2. The molecular formula is C34H36F3N5O6. The number of benzene rings is 3. The zero-order valence-corrected chi connectivity index (χ0v) is 26.2. The molecule has 1 saturated heterocycles. The van der Waals surface area contributed by atoms with E-state index >= 15 is 0 Å². The van der Waals surface area contributed by atoms with E-state index in [4.69, 9.17) is 14.2 Å². The van der Waals surface area contributed by atoms with Crippen molar-refractivity contribution in [3.8, 4) is 23.3 Å². The van der Waals surface area contributed by atoms with Crippen LogP contribution in [-0.4, -0.2) is 71.2 Å². The van der Waals surface area contributed by atoms with Crippen LogP contribution in [0.1, 0.15) is 24.0 Å². The van der Waals surface area contributed by atoms with Crippen LogP contribution in [0.25, 0.3) is 0 Å². The van der Waals surface area contributed by atoms with E-state index in [1.54, 1.807) is 16.7 Å². The third kappa shape index (κ3) is 9.09. The molecule has 14 heteroatoms. The van der Waals surface area contributed by atoms with Crippen molar-refractivity contribution in [1.29, 1.82) is 0 Å². The summed E-state index contributed by atoms with van der Waals surface area (Å²) in [5.74, 6) is 1.08. The summed E-state index contributed by atoms with van der Waals surface area (Å²) >= 11 is 0. The van der Waals surface area contributed by atoms with Crippen LogP contribution in [0.4, 0.5) is 24.7 Å². The second-order valence-electron chi connectivity index (χ2n) is 11.7. The molecule has 254 valence electrons. The van der Waals surface area contributed by atoms with Crippen molar-refractivity contribution < 1.29 is 37.0 Å². The van der Waals surface area contributed by atoms with Crippen LogP contribution in [0.2, 0.25) is 0 Å². The van der Waals surface area contributed by atoms with Crippen LogP contribution in [0.3, 0.4) is 0 Å². The SMILES string of the molecule is O=[N+]([O-])c1cn2c(n1)O[C@@H](COc1ccc(N3CCN(Cc4ccc(OCCCc5ccc(OC(F)(F)F)cc5)cc4)CC3)cc1)CC2. The number of aromatic nitrogens is 2. The van der Waals surface area contributed by atoms with Crippen LogP contribution < -0.4 is 23.8 Å². The minimum atomic E-state index is -4.69. The first-order valence-electron chi connectivity index (χ1n) is 15.8. The molecule has 2 aliphatic heterocycles. The number of imidazole rings is 1. The standard InChI is InChI=1S/C34H36F3N5O6/c35-34(36,37)48-30-11-3-25(4-12-30)2-1-21-45-28-9-5-26(6-10-28)22-39-17-19-40(20-18-39)27-7-13-29(14-8-27)46-24-31-15-16-41-23-32(42(43)44)38-33(41)47-31/h3-14,23,31H,1-2,15-22,24H2/t31-/m1/s1. The van der Waals surface area contributed by atoms with Crippen molar-refractivity contribution in [2.45, 2.75) is 44.8 Å². The number of fused-ring (bicyclic) bond motifs is 1. The summed E-state index contributed by atoms with van der Waals surface area (Å²) in [4.78, 5) is 19.2. The van der Waals surface area contributed by atoms with E-state index in [9.17, 15) is 23.3 Å². The van der Waals surface area contributed by atoms with Crippen molar-refractivity contribution in [3.05, 3.63) is 100 Å². The average Bonchev–Trinajstić information content (AvgIpc) is 3.51. The second kappa shape index (κ2) is 14.8. The van der Waals surface area contributed by atoms with Crippen molar-refractivity contribution in [1.82, 2.24) is 14.5 Å². The van der Waals surface area contributed by atoms with Gasteiger partial charge in [-0.05, 0) is 77.4 Å². The van der Waals surface area contributed by atoms with Gasteiger partial charge < -0.3 is 34.0 Å². The van der Waals surface area contributed by atoms with Gasteiger partial charge in [0, 0.05) is 56.4 Å². The van der Waals surface area contributed by atoms with Crippen LogP contribution in [0, 0.1) is 10.1 Å². The van der Waals surface area contributed by atoms with Crippen LogP contribution in [0.15, 0.2) is 79.0 Å². The van der Waals surface area contributed by atoms with E-state index in [1.165, 1.54) is 23.9 Å². The maximum Gasteiger partial charge on any atom is 0.573 e. The van der Waals surface area contributed by atoms with E-state index in [0.29, 0.717) is 32.6 Å². The van der Waals surface area contributed by atoms with Crippen molar-refractivity contribution in [3.63, 3.8) is 0 Å². The molecule has 6 rings (SSSR count). The monoisotopic (exact) mass is 667 g/mol. The summed E-state index contributed by atoms with van der Waals surface area (Å²) in [5, 5.41) is 11.0. The summed E-state index contributed by atoms with van der Waals surface area (Å²) in [5.41, 5.74) is 3.27. The highest BCUT2D eigenvalue weighted by atomic mass is 19.4. The Morgan fingerprint density at radius 2 is 1.50 bits per heavy atom. The highest BCUT2D eigenvalue weighted by Gasteiger charge is 2.31. The first-order chi connectivity index (χ1) is 23.2. The summed E-state index contributed by atoms with van der Waals surface area (Å²) < 4.78 is 60.1. The van der Waals surface area contributed by atoms with Crippen molar-refractivity contribution in [2.24, 2.45) is 0 Å². The molecule has 0 N–H and O–H groups in total. The number of anilines is 1. The van der Waals surface area contributed by atoms with E-state index in [0.717, 1.165) is 61.9 Å². The predicted octanol–water partition coefficient (Wildman–Crippen LogP) is 6.25. The number of ether oxygens (including phenoxy) is 4. The van der Waals surface area contributed by atoms with E-state index in [-0.39, 0.29) is 23.7 Å². The molecule has 0 saturated carbocycles. The lowest BCUT2D eigenvalue weighted by atomic mass is 10.1. The number of nitrogens with zero attached hydrogens (tertiary/aromatic N) is 5. The highest BCUT2D eigenvalue weighted by molar-refractivity contribution is 5.49. The fourth-order valence-corrected chi connectivity index (χ4v) is 5.72. The van der Waals surface area contributed by atoms with Gasteiger partial charge >= 0.3 is 18.2 Å². The van der Waals surface area contributed by atoms with Gasteiger partial charge in [0.2, 0.25) is 0 Å². The largest absolute Gasteiger partial charge is 0.573 e. The Bertz CT molecular complexity index is 1640. The minimum Gasteiger partial charge on any atom is -0.494 e. The molecule has 0 amide bonds. The Labute approximate surface area is 275 Å². The molecule has 3 heterocycles. The van der Waals surface area contributed by atoms with Gasteiger partial charge in [0.05, 0.1) is 6.61 Å². The lowest BCUT2D eigenvalue weighted by molar-refractivity contribution is -0.389. The quantitative estimate of drug-likeness (QED) is 0.0930. The third-order valence-corrected chi connectivity index (χ3v) is 8.25.